The summed E-state index contributed by atoms with van der Waals surface area (Å²) in [6, 6.07) is 3.12. The number of primary sulfonamides is 1. The van der Waals surface area contributed by atoms with Gasteiger partial charge in [-0.15, -0.1) is 0 Å². The first kappa shape index (κ1) is 15.9. The van der Waals surface area contributed by atoms with Gasteiger partial charge in [-0.25, -0.2) is 17.9 Å². The normalized spacial score (nSPS) is 18.6. The Morgan fingerprint density at radius 1 is 1.29 bits per heavy atom. The van der Waals surface area contributed by atoms with Crippen LogP contribution in [-0.2, 0) is 10.0 Å². The minimum absolute atomic E-state index is 0.123. The van der Waals surface area contributed by atoms with Crippen LogP contribution in [0, 0.1) is 11.2 Å². The van der Waals surface area contributed by atoms with Crippen molar-refractivity contribution in [2.45, 2.75) is 31.6 Å². The standard InChI is InChI=1S/C14H19FN2O3S/c1-14(2)5-7-17(8-6-14)13(18)11-4-3-10(9-12(11)15)21(16,19)20/h3-4,9H,5-8H2,1-2H3,(H2,16,19,20). The zero-order valence-corrected chi connectivity index (χ0v) is 12.9. The number of rotatable bonds is 2. The fraction of sp³-hybridized carbons (Fsp3) is 0.500. The summed E-state index contributed by atoms with van der Waals surface area (Å²) in [5, 5.41) is 4.93. The van der Waals surface area contributed by atoms with Gasteiger partial charge in [-0.05, 0) is 36.5 Å². The van der Waals surface area contributed by atoms with Gasteiger partial charge in [-0.2, -0.15) is 0 Å². The number of benzene rings is 1. The average Bonchev–Trinajstić information content (AvgIpc) is 2.36. The molecule has 5 nitrogen and oxygen atoms in total. The summed E-state index contributed by atoms with van der Waals surface area (Å²) in [6.45, 7) is 5.41. The number of hydrogen-bond donors (Lipinski definition) is 1. The maximum Gasteiger partial charge on any atom is 0.256 e. The quantitative estimate of drug-likeness (QED) is 0.903. The molecular weight excluding hydrogens is 295 g/mol. The Labute approximate surface area is 124 Å². The Hall–Kier alpha value is -1.47. The maximum absolute atomic E-state index is 14.0. The van der Waals surface area contributed by atoms with Crippen molar-refractivity contribution in [1.82, 2.24) is 4.90 Å². The number of nitrogens with zero attached hydrogens (tertiary/aromatic N) is 1. The second kappa shape index (κ2) is 5.38. The molecule has 0 unspecified atom stereocenters. The van der Waals surface area contributed by atoms with E-state index in [0.29, 0.717) is 13.1 Å². The number of carbonyl (C=O) groups excluding carboxylic acids is 1. The third kappa shape index (κ3) is 3.59. The van der Waals surface area contributed by atoms with Crippen molar-refractivity contribution in [1.29, 1.82) is 0 Å². The van der Waals surface area contributed by atoms with Crippen LogP contribution in [0.3, 0.4) is 0 Å². The lowest BCUT2D eigenvalue weighted by molar-refractivity contribution is 0.0625. The van der Waals surface area contributed by atoms with Crippen LogP contribution in [0.4, 0.5) is 4.39 Å². The average molecular weight is 314 g/mol. The summed E-state index contributed by atoms with van der Waals surface area (Å²) < 4.78 is 36.3. The van der Waals surface area contributed by atoms with Crippen molar-refractivity contribution in [3.05, 3.63) is 29.6 Å². The second-order valence-corrected chi connectivity index (χ2v) is 7.70. The first-order valence-corrected chi connectivity index (χ1v) is 8.26. The summed E-state index contributed by atoms with van der Waals surface area (Å²) in [7, 11) is -3.97. The van der Waals surface area contributed by atoms with Crippen LogP contribution in [0.1, 0.15) is 37.0 Å². The first-order chi connectivity index (χ1) is 9.60. The van der Waals surface area contributed by atoms with Crippen LogP contribution < -0.4 is 5.14 Å². The molecule has 2 rings (SSSR count). The molecule has 0 aliphatic carbocycles. The van der Waals surface area contributed by atoms with Gasteiger partial charge in [0.05, 0.1) is 10.5 Å². The Balaban J connectivity index is 2.21. The minimum atomic E-state index is -3.97. The summed E-state index contributed by atoms with van der Waals surface area (Å²) in [5.74, 6) is -1.28. The molecule has 1 aromatic rings. The largest absolute Gasteiger partial charge is 0.339 e. The SMILES string of the molecule is CC1(C)CCN(C(=O)c2ccc(S(N)(=O)=O)cc2F)CC1. The predicted octanol–water partition coefficient (Wildman–Crippen LogP) is 1.74. The molecule has 0 bridgehead atoms. The van der Waals surface area contributed by atoms with E-state index < -0.39 is 21.7 Å². The molecule has 0 saturated carbocycles. The van der Waals surface area contributed by atoms with Crippen molar-refractivity contribution in [3.8, 4) is 0 Å². The van der Waals surface area contributed by atoms with Gasteiger partial charge in [0.1, 0.15) is 5.82 Å². The van der Waals surface area contributed by atoms with Gasteiger partial charge in [0.25, 0.3) is 5.91 Å². The highest BCUT2D eigenvalue weighted by atomic mass is 32.2. The first-order valence-electron chi connectivity index (χ1n) is 6.72. The molecule has 1 aliphatic heterocycles. The van der Waals surface area contributed by atoms with Crippen molar-refractivity contribution < 1.29 is 17.6 Å². The summed E-state index contributed by atoms with van der Waals surface area (Å²) in [4.78, 5) is 13.6. The summed E-state index contributed by atoms with van der Waals surface area (Å²) in [6.07, 6.45) is 1.71. The van der Waals surface area contributed by atoms with Crippen LogP contribution in [0.25, 0.3) is 0 Å². The lowest BCUT2D eigenvalue weighted by Gasteiger charge is -2.37. The molecule has 2 N–H and O–H groups in total. The van der Waals surface area contributed by atoms with Crippen LogP contribution in [0.5, 0.6) is 0 Å². The predicted molar refractivity (Wildman–Crippen MR) is 76.7 cm³/mol. The fourth-order valence-corrected chi connectivity index (χ4v) is 2.86. The van der Waals surface area contributed by atoms with Gasteiger partial charge in [-0.1, -0.05) is 13.8 Å². The van der Waals surface area contributed by atoms with Crippen molar-refractivity contribution in [2.24, 2.45) is 10.6 Å². The molecule has 116 valence electrons. The molecule has 1 amide bonds. The molecule has 1 saturated heterocycles. The van der Waals surface area contributed by atoms with E-state index in [0.717, 1.165) is 25.0 Å². The molecule has 1 aromatic carbocycles. The minimum Gasteiger partial charge on any atom is -0.339 e. The molecule has 21 heavy (non-hydrogen) atoms. The third-order valence-corrected chi connectivity index (χ3v) is 4.81. The Morgan fingerprint density at radius 3 is 2.33 bits per heavy atom. The van der Waals surface area contributed by atoms with Gasteiger partial charge in [0.15, 0.2) is 0 Å². The smallest absolute Gasteiger partial charge is 0.256 e. The summed E-state index contributed by atoms with van der Waals surface area (Å²) >= 11 is 0. The van der Waals surface area contributed by atoms with E-state index >= 15 is 0 Å². The number of nitrogens with two attached hydrogens (primary N) is 1. The maximum atomic E-state index is 14.0. The van der Waals surface area contributed by atoms with E-state index in [4.69, 9.17) is 5.14 Å². The molecule has 0 aromatic heterocycles. The van der Waals surface area contributed by atoms with Crippen LogP contribution >= 0.6 is 0 Å². The highest BCUT2D eigenvalue weighted by molar-refractivity contribution is 7.89. The lowest BCUT2D eigenvalue weighted by atomic mass is 9.82. The topological polar surface area (TPSA) is 80.5 Å². The number of piperidine rings is 1. The van der Waals surface area contributed by atoms with Gasteiger partial charge < -0.3 is 4.90 Å². The van der Waals surface area contributed by atoms with Crippen LogP contribution in [-0.4, -0.2) is 32.3 Å². The molecule has 1 aliphatic rings. The monoisotopic (exact) mass is 314 g/mol. The zero-order valence-electron chi connectivity index (χ0n) is 12.1. The van der Waals surface area contributed by atoms with Gasteiger partial charge in [0.2, 0.25) is 10.0 Å². The Kier molecular flexibility index (Phi) is 4.08. The highest BCUT2D eigenvalue weighted by Crippen LogP contribution is 2.30. The Morgan fingerprint density at radius 2 is 1.86 bits per heavy atom. The van der Waals surface area contributed by atoms with E-state index in [2.05, 4.69) is 13.8 Å². The van der Waals surface area contributed by atoms with Crippen LogP contribution in [0.2, 0.25) is 0 Å². The molecule has 1 heterocycles. The number of amides is 1. The van der Waals surface area contributed by atoms with E-state index in [1.807, 2.05) is 0 Å². The molecular formula is C14H19FN2O3S. The zero-order chi connectivity index (χ0) is 15.8. The van der Waals surface area contributed by atoms with E-state index in [1.54, 1.807) is 4.90 Å². The van der Waals surface area contributed by atoms with Gasteiger partial charge in [-0.3, -0.25) is 4.79 Å². The van der Waals surface area contributed by atoms with E-state index in [9.17, 15) is 17.6 Å². The van der Waals surface area contributed by atoms with Crippen molar-refractivity contribution >= 4 is 15.9 Å². The molecule has 0 spiro atoms. The Bertz CT molecular complexity index is 661. The lowest BCUT2D eigenvalue weighted by Crippen LogP contribution is -2.41. The van der Waals surface area contributed by atoms with E-state index in [-0.39, 0.29) is 15.9 Å². The summed E-state index contributed by atoms with van der Waals surface area (Å²) in [5.41, 5.74) is 0.0643. The number of halogens is 1. The molecule has 0 atom stereocenters. The van der Waals surface area contributed by atoms with Crippen molar-refractivity contribution in [3.63, 3.8) is 0 Å². The van der Waals surface area contributed by atoms with Crippen LogP contribution in [0.15, 0.2) is 23.1 Å². The number of hydrogen-bond acceptors (Lipinski definition) is 3. The van der Waals surface area contributed by atoms with E-state index in [1.165, 1.54) is 6.07 Å². The van der Waals surface area contributed by atoms with Gasteiger partial charge in [0, 0.05) is 13.1 Å². The molecule has 1 fully saturated rings. The number of likely N-dealkylation sites (tertiary alicyclic amines) is 1. The van der Waals surface area contributed by atoms with Crippen molar-refractivity contribution in [2.75, 3.05) is 13.1 Å². The fourth-order valence-electron chi connectivity index (χ4n) is 2.33. The number of carbonyl (C=O) groups is 1. The van der Waals surface area contributed by atoms with Gasteiger partial charge >= 0.3 is 0 Å². The number of sulfonamides is 1. The molecule has 7 heteroatoms. The molecule has 0 radical (unpaired) electrons. The highest BCUT2D eigenvalue weighted by Gasteiger charge is 2.29. The second-order valence-electron chi connectivity index (χ2n) is 6.14. The third-order valence-electron chi connectivity index (χ3n) is 3.90.